The maximum atomic E-state index is 12.3. The molecule has 2 aromatic carbocycles. The molecule has 0 bridgehead atoms. The van der Waals surface area contributed by atoms with Gasteiger partial charge in [0.25, 0.3) is 0 Å². The van der Waals surface area contributed by atoms with Crippen LogP contribution in [0.5, 0.6) is 0 Å². The monoisotopic (exact) mass is 275 g/mol. The summed E-state index contributed by atoms with van der Waals surface area (Å²) in [4.78, 5) is 0.324. The Balaban J connectivity index is 2.20. The summed E-state index contributed by atoms with van der Waals surface area (Å²) in [5.41, 5.74) is 7.16. The molecule has 0 heterocycles. The minimum Gasteiger partial charge on any atom is -0.399 e. The van der Waals surface area contributed by atoms with Crippen LogP contribution in [0.25, 0.3) is 0 Å². The molecule has 0 aliphatic carbocycles. The van der Waals surface area contributed by atoms with Gasteiger partial charge in [0.15, 0.2) is 9.84 Å². The zero-order valence-electron chi connectivity index (χ0n) is 10.8. The molecule has 2 rings (SSSR count). The van der Waals surface area contributed by atoms with Crippen LogP contribution in [0, 0.1) is 0 Å². The third kappa shape index (κ3) is 3.35. The molecule has 100 valence electrons. The van der Waals surface area contributed by atoms with Gasteiger partial charge in [-0.25, -0.2) is 8.42 Å². The Labute approximate surface area is 114 Å². The van der Waals surface area contributed by atoms with Crippen LogP contribution in [0.4, 0.5) is 5.69 Å². The van der Waals surface area contributed by atoms with Gasteiger partial charge >= 0.3 is 0 Å². The van der Waals surface area contributed by atoms with Crippen molar-refractivity contribution in [3.63, 3.8) is 0 Å². The van der Waals surface area contributed by atoms with Crippen LogP contribution in [0.2, 0.25) is 0 Å². The van der Waals surface area contributed by atoms with Crippen LogP contribution in [0.1, 0.15) is 18.4 Å². The van der Waals surface area contributed by atoms with Crippen LogP contribution < -0.4 is 5.73 Å². The summed E-state index contributed by atoms with van der Waals surface area (Å²) in [7, 11) is -3.28. The zero-order valence-corrected chi connectivity index (χ0v) is 11.6. The second kappa shape index (κ2) is 5.45. The highest BCUT2D eigenvalue weighted by Gasteiger charge is 2.19. The molecular weight excluding hydrogens is 258 g/mol. The normalized spacial score (nSPS) is 13.1. The molecule has 0 fully saturated rings. The van der Waals surface area contributed by atoms with E-state index in [1.54, 1.807) is 24.3 Å². The van der Waals surface area contributed by atoms with Gasteiger partial charge in [0, 0.05) is 5.69 Å². The van der Waals surface area contributed by atoms with E-state index in [-0.39, 0.29) is 11.7 Å². The molecule has 4 heteroatoms. The maximum Gasteiger partial charge on any atom is 0.178 e. The maximum absolute atomic E-state index is 12.3. The Morgan fingerprint density at radius 3 is 2.16 bits per heavy atom. The van der Waals surface area contributed by atoms with Crippen molar-refractivity contribution in [2.45, 2.75) is 17.7 Å². The number of anilines is 1. The summed E-state index contributed by atoms with van der Waals surface area (Å²) in [5, 5.41) is 0. The van der Waals surface area contributed by atoms with E-state index >= 15 is 0 Å². The summed E-state index contributed by atoms with van der Waals surface area (Å²) in [6.07, 6.45) is 0. The lowest BCUT2D eigenvalue weighted by atomic mass is 10.0. The molecule has 0 amide bonds. The van der Waals surface area contributed by atoms with Crippen LogP contribution >= 0.6 is 0 Å². The van der Waals surface area contributed by atoms with E-state index in [0.717, 1.165) is 5.56 Å². The number of sulfone groups is 1. The van der Waals surface area contributed by atoms with Crippen molar-refractivity contribution in [3.8, 4) is 0 Å². The molecule has 1 atom stereocenters. The quantitative estimate of drug-likeness (QED) is 0.873. The second-order valence-electron chi connectivity index (χ2n) is 4.66. The van der Waals surface area contributed by atoms with Gasteiger partial charge < -0.3 is 5.73 Å². The molecule has 2 N–H and O–H groups in total. The Kier molecular flexibility index (Phi) is 3.90. The van der Waals surface area contributed by atoms with E-state index in [0.29, 0.717) is 10.6 Å². The molecule has 19 heavy (non-hydrogen) atoms. The number of rotatable bonds is 4. The first-order valence-corrected chi connectivity index (χ1v) is 7.77. The van der Waals surface area contributed by atoms with Crippen molar-refractivity contribution in [1.82, 2.24) is 0 Å². The Morgan fingerprint density at radius 1 is 1.00 bits per heavy atom. The van der Waals surface area contributed by atoms with Crippen molar-refractivity contribution >= 4 is 15.5 Å². The lowest BCUT2D eigenvalue weighted by Gasteiger charge is -2.12. The Hall–Kier alpha value is -1.81. The smallest absolute Gasteiger partial charge is 0.178 e. The zero-order chi connectivity index (χ0) is 13.9. The number of nitrogens with two attached hydrogens (primary N) is 1. The molecule has 2 aromatic rings. The van der Waals surface area contributed by atoms with Gasteiger partial charge in [0.2, 0.25) is 0 Å². The van der Waals surface area contributed by atoms with Gasteiger partial charge in [-0.3, -0.25) is 0 Å². The van der Waals surface area contributed by atoms with Crippen molar-refractivity contribution in [1.29, 1.82) is 0 Å². The average molecular weight is 275 g/mol. The summed E-state index contributed by atoms with van der Waals surface area (Å²) >= 11 is 0. The van der Waals surface area contributed by atoms with Crippen molar-refractivity contribution in [3.05, 3.63) is 60.2 Å². The topological polar surface area (TPSA) is 60.2 Å². The highest BCUT2D eigenvalue weighted by Crippen LogP contribution is 2.21. The van der Waals surface area contributed by atoms with Gasteiger partial charge in [-0.1, -0.05) is 37.3 Å². The first kappa shape index (κ1) is 13.6. The van der Waals surface area contributed by atoms with Crippen molar-refractivity contribution in [2.75, 3.05) is 11.5 Å². The molecule has 0 aliphatic rings. The molecule has 1 unspecified atom stereocenters. The molecule has 0 saturated carbocycles. The van der Waals surface area contributed by atoms with E-state index in [1.165, 1.54) is 0 Å². The summed E-state index contributed by atoms with van der Waals surface area (Å²) in [6, 6.07) is 16.0. The predicted molar refractivity (Wildman–Crippen MR) is 77.8 cm³/mol. The van der Waals surface area contributed by atoms with Gasteiger partial charge in [-0.05, 0) is 35.7 Å². The number of hydrogen-bond acceptors (Lipinski definition) is 3. The average Bonchev–Trinajstić information content (AvgIpc) is 2.40. The van der Waals surface area contributed by atoms with Crippen LogP contribution in [0.3, 0.4) is 0 Å². The molecule has 0 aliphatic heterocycles. The largest absolute Gasteiger partial charge is 0.399 e. The SMILES string of the molecule is CC(CS(=O)(=O)c1ccc(N)cc1)c1ccccc1. The minimum absolute atomic E-state index is 0.0382. The molecule has 0 radical (unpaired) electrons. The van der Waals surface area contributed by atoms with Crippen LogP contribution in [-0.4, -0.2) is 14.2 Å². The molecule has 0 spiro atoms. The minimum atomic E-state index is -3.28. The summed E-state index contributed by atoms with van der Waals surface area (Å²) < 4.78 is 24.6. The fourth-order valence-corrected chi connectivity index (χ4v) is 3.57. The number of nitrogen functional groups attached to an aromatic ring is 1. The predicted octanol–water partition coefficient (Wildman–Crippen LogP) is 2.85. The lowest BCUT2D eigenvalue weighted by Crippen LogP contribution is -2.13. The van der Waals surface area contributed by atoms with E-state index in [4.69, 9.17) is 5.73 Å². The molecule has 3 nitrogen and oxygen atoms in total. The third-order valence-corrected chi connectivity index (χ3v) is 5.01. The highest BCUT2D eigenvalue weighted by molar-refractivity contribution is 7.91. The standard InChI is InChI=1S/C15H17NO2S/c1-12(13-5-3-2-4-6-13)11-19(17,18)15-9-7-14(16)8-10-15/h2-10,12H,11,16H2,1H3. The number of benzene rings is 2. The van der Waals surface area contributed by atoms with Crippen LogP contribution in [-0.2, 0) is 9.84 Å². The van der Waals surface area contributed by atoms with Gasteiger partial charge in [0.05, 0.1) is 10.6 Å². The van der Waals surface area contributed by atoms with Crippen LogP contribution in [0.15, 0.2) is 59.5 Å². The van der Waals surface area contributed by atoms with E-state index in [1.807, 2.05) is 37.3 Å². The third-order valence-electron chi connectivity index (χ3n) is 3.08. The highest BCUT2D eigenvalue weighted by atomic mass is 32.2. The van der Waals surface area contributed by atoms with Gasteiger partial charge in [0.1, 0.15) is 0 Å². The second-order valence-corrected chi connectivity index (χ2v) is 6.70. The first-order valence-electron chi connectivity index (χ1n) is 6.12. The van der Waals surface area contributed by atoms with E-state index in [9.17, 15) is 8.42 Å². The first-order chi connectivity index (χ1) is 8.99. The summed E-state index contributed by atoms with van der Waals surface area (Å²) in [6.45, 7) is 1.92. The van der Waals surface area contributed by atoms with E-state index < -0.39 is 9.84 Å². The van der Waals surface area contributed by atoms with Gasteiger partial charge in [-0.2, -0.15) is 0 Å². The Bertz CT molecular complexity index is 634. The van der Waals surface area contributed by atoms with Gasteiger partial charge in [-0.15, -0.1) is 0 Å². The lowest BCUT2D eigenvalue weighted by molar-refractivity contribution is 0.590. The molecule has 0 saturated heterocycles. The molecule has 0 aromatic heterocycles. The number of hydrogen-bond donors (Lipinski definition) is 1. The summed E-state index contributed by atoms with van der Waals surface area (Å²) in [5.74, 6) is 0.0600. The molecular formula is C15H17NO2S. The van der Waals surface area contributed by atoms with Crippen molar-refractivity contribution < 1.29 is 8.42 Å². The Morgan fingerprint density at radius 2 is 1.58 bits per heavy atom. The van der Waals surface area contributed by atoms with E-state index in [2.05, 4.69) is 0 Å². The van der Waals surface area contributed by atoms with Crippen molar-refractivity contribution in [2.24, 2.45) is 0 Å². The fraction of sp³-hybridized carbons (Fsp3) is 0.200. The fourth-order valence-electron chi connectivity index (χ4n) is 1.98.